The van der Waals surface area contributed by atoms with Crippen LogP contribution in [0.5, 0.6) is 0 Å². The van der Waals surface area contributed by atoms with Gasteiger partial charge in [0.15, 0.2) is 0 Å². The van der Waals surface area contributed by atoms with E-state index in [1.54, 1.807) is 0 Å². The first kappa shape index (κ1) is 9.12. The molecule has 0 aromatic heterocycles. The van der Waals surface area contributed by atoms with Crippen molar-refractivity contribution < 1.29 is 0 Å². The van der Waals surface area contributed by atoms with Gasteiger partial charge < -0.3 is 6.15 Å². The summed E-state index contributed by atoms with van der Waals surface area (Å²) in [4.78, 5) is 0. The average Bonchev–Trinajstić information content (AvgIpc) is 0.811. The van der Waals surface area contributed by atoms with Crippen LogP contribution >= 0.6 is 0 Å². The Hall–Kier alpha value is 0.557. The summed E-state index contributed by atoms with van der Waals surface area (Å²) < 4.78 is 0.833. The van der Waals surface area contributed by atoms with Gasteiger partial charge in [0, 0.05) is 0 Å². The molecule has 0 radical (unpaired) electrons. The zero-order chi connectivity index (χ0) is 3.58. The van der Waals surface area contributed by atoms with Crippen molar-refractivity contribution in [2.45, 2.75) is 18.4 Å². The fourth-order valence-corrected chi connectivity index (χ4v) is 0. The maximum atomic E-state index is 2.17. The summed E-state index contributed by atoms with van der Waals surface area (Å²) in [5.41, 5.74) is 0. The molecular weight excluding hydrogens is 57.0 g/mol. The molecule has 0 bridgehead atoms. The Morgan fingerprint density at radius 1 is 1.40 bits per heavy atom. The van der Waals surface area contributed by atoms with Gasteiger partial charge in [-0.2, -0.15) is 0 Å². The molecule has 0 saturated carbocycles. The zero-order valence-corrected chi connectivity index (χ0v) is 4.28. The molecule has 2 heteroatoms. The molecule has 0 atom stereocenters. The Kier molecular flexibility index (Phi) is 8.31. The van der Waals surface area contributed by atoms with Crippen molar-refractivity contribution in [1.82, 2.24) is 6.15 Å². The van der Waals surface area contributed by atoms with Crippen LogP contribution in [0.15, 0.2) is 0 Å². The second-order valence-electron chi connectivity index (χ2n) is 1.73. The summed E-state index contributed by atoms with van der Waals surface area (Å²) in [6.07, 6.45) is 0. The van der Waals surface area contributed by atoms with Crippen LogP contribution in [0.4, 0.5) is 0 Å². The zero-order valence-electron chi connectivity index (χ0n) is 4.28. The minimum atomic E-state index is 0. The standard InChI is InChI=1S/C3H7.Li.H3N/c1-3-2;;/h3H,1-2H3;;1H3. The Bertz CT molecular complexity index is 11.6. The first-order chi connectivity index (χ1) is 1.73. The van der Waals surface area contributed by atoms with Gasteiger partial charge in [0.05, 0.1) is 0 Å². The molecule has 0 rings (SSSR count). The van der Waals surface area contributed by atoms with Crippen LogP contribution in [0.3, 0.4) is 0 Å². The van der Waals surface area contributed by atoms with Crippen LogP contribution in [0.2, 0.25) is 4.59 Å². The van der Waals surface area contributed by atoms with Crippen LogP contribution in [0, 0.1) is 0 Å². The van der Waals surface area contributed by atoms with Crippen molar-refractivity contribution in [2.75, 3.05) is 0 Å². The van der Waals surface area contributed by atoms with Gasteiger partial charge in [0.25, 0.3) is 0 Å². The van der Waals surface area contributed by atoms with E-state index >= 15 is 0 Å². The predicted molar refractivity (Wildman–Crippen MR) is 25.9 cm³/mol. The molecule has 0 aromatic rings. The minimum absolute atomic E-state index is 0. The number of rotatable bonds is 0. The molecule has 0 spiro atoms. The average molecular weight is 67.1 g/mol. The van der Waals surface area contributed by atoms with Gasteiger partial charge in [0.1, 0.15) is 0 Å². The quantitative estimate of drug-likeness (QED) is 0.423. The fourth-order valence-electron chi connectivity index (χ4n) is 0. The van der Waals surface area contributed by atoms with Gasteiger partial charge in [0.2, 0.25) is 0 Å². The Labute approximate surface area is 42.9 Å². The molecule has 0 saturated heterocycles. The van der Waals surface area contributed by atoms with Gasteiger partial charge in [-0.25, -0.2) is 0 Å². The molecule has 0 aliphatic carbocycles. The van der Waals surface area contributed by atoms with E-state index in [1.807, 2.05) is 0 Å². The van der Waals surface area contributed by atoms with Crippen LogP contribution < -0.4 is 6.15 Å². The molecule has 0 heterocycles. The van der Waals surface area contributed by atoms with Gasteiger partial charge >= 0.3 is 36.2 Å². The van der Waals surface area contributed by atoms with E-state index < -0.39 is 0 Å². The van der Waals surface area contributed by atoms with Gasteiger partial charge in [-0.05, 0) is 0 Å². The van der Waals surface area contributed by atoms with Crippen LogP contribution in [0.25, 0.3) is 0 Å². The van der Waals surface area contributed by atoms with Crippen molar-refractivity contribution in [2.24, 2.45) is 0 Å². The molecule has 0 aromatic carbocycles. The van der Waals surface area contributed by atoms with E-state index in [2.05, 4.69) is 31.6 Å². The molecule has 28 valence electrons. The van der Waals surface area contributed by atoms with E-state index in [0.29, 0.717) is 0 Å². The second kappa shape index (κ2) is 4.56. The Balaban J connectivity index is 0. The van der Waals surface area contributed by atoms with Crippen molar-refractivity contribution in [1.29, 1.82) is 0 Å². The third-order valence-electron chi connectivity index (χ3n) is 0. The monoisotopic (exact) mass is 67.1 g/mol. The van der Waals surface area contributed by atoms with Gasteiger partial charge in [-0.15, -0.1) is 0 Å². The van der Waals surface area contributed by atoms with Gasteiger partial charge in [-0.3, -0.25) is 0 Å². The summed E-state index contributed by atoms with van der Waals surface area (Å²) in [5.74, 6) is 0. The summed E-state index contributed by atoms with van der Waals surface area (Å²) >= 11 is 2.17. The molecule has 3 N–H and O–H groups in total. The Morgan fingerprint density at radius 2 is 1.40 bits per heavy atom. The van der Waals surface area contributed by atoms with E-state index in [0.717, 1.165) is 4.59 Å². The van der Waals surface area contributed by atoms with E-state index in [-0.39, 0.29) is 6.15 Å². The summed E-state index contributed by atoms with van der Waals surface area (Å²) in [7, 11) is 0. The van der Waals surface area contributed by atoms with Crippen LogP contribution in [-0.4, -0.2) is 17.7 Å². The second-order valence-corrected chi connectivity index (χ2v) is 1.73. The predicted octanol–water partition coefficient (Wildman–Crippen LogP) is 1.15. The van der Waals surface area contributed by atoms with Crippen molar-refractivity contribution >= 4 is 17.7 Å². The fraction of sp³-hybridized carbons (Fsp3) is 1.00. The molecular formula is C3H10LiN. The van der Waals surface area contributed by atoms with Crippen molar-refractivity contribution in [3.05, 3.63) is 0 Å². The molecule has 0 aliphatic heterocycles. The molecule has 0 unspecified atom stereocenters. The summed E-state index contributed by atoms with van der Waals surface area (Å²) in [5, 5.41) is 0. The molecule has 0 fully saturated rings. The number of hydrogen-bond donors (Lipinski definition) is 1. The first-order valence-electron chi connectivity index (χ1n) is 1.73. The number of hydrogen-bond acceptors (Lipinski definition) is 1. The molecule has 5 heavy (non-hydrogen) atoms. The van der Waals surface area contributed by atoms with E-state index in [4.69, 9.17) is 0 Å². The van der Waals surface area contributed by atoms with Crippen LogP contribution in [0.1, 0.15) is 13.8 Å². The van der Waals surface area contributed by atoms with E-state index in [9.17, 15) is 0 Å². The Morgan fingerprint density at radius 3 is 1.40 bits per heavy atom. The maximum absolute atomic E-state index is 2.17. The van der Waals surface area contributed by atoms with Crippen molar-refractivity contribution in [3.63, 3.8) is 0 Å². The van der Waals surface area contributed by atoms with E-state index in [1.165, 1.54) is 0 Å². The van der Waals surface area contributed by atoms with Crippen LogP contribution in [-0.2, 0) is 0 Å². The molecule has 1 nitrogen and oxygen atoms in total. The summed E-state index contributed by atoms with van der Waals surface area (Å²) in [6, 6.07) is 0. The van der Waals surface area contributed by atoms with Gasteiger partial charge in [-0.1, -0.05) is 0 Å². The first-order valence-corrected chi connectivity index (χ1v) is 1.73. The summed E-state index contributed by atoms with van der Waals surface area (Å²) in [6.45, 7) is 4.33. The SMILES string of the molecule is N.[Li][CH](C)C. The molecule has 0 aliphatic rings. The molecule has 0 amide bonds. The van der Waals surface area contributed by atoms with Crippen molar-refractivity contribution in [3.8, 4) is 0 Å². The normalized spacial score (nSPS) is 7.40. The third kappa shape index (κ3) is 95.9. The third-order valence-corrected chi connectivity index (χ3v) is 0. The topological polar surface area (TPSA) is 35.0 Å².